The molecule has 0 saturated heterocycles. The summed E-state index contributed by atoms with van der Waals surface area (Å²) in [6.07, 6.45) is 12.8. The van der Waals surface area contributed by atoms with E-state index >= 15 is 0 Å². The standard InChI is InChI=1S/C13H19N3/c1-5-8-10-12(14-4)16-13(15-7-3)11-9-6-2/h5-11H,1H2,2-4H3,(H,14,16)/b9-6-,10-8-,13-11+,15-7-. The summed E-state index contributed by atoms with van der Waals surface area (Å²) in [5.74, 6) is 1.48. The number of hydrogen-bond acceptors (Lipinski definition) is 2. The summed E-state index contributed by atoms with van der Waals surface area (Å²) in [6.45, 7) is 7.43. The maximum atomic E-state index is 4.19. The molecule has 16 heavy (non-hydrogen) atoms. The first-order valence-electron chi connectivity index (χ1n) is 5.13. The monoisotopic (exact) mass is 217 g/mol. The fourth-order valence-electron chi connectivity index (χ4n) is 0.906. The van der Waals surface area contributed by atoms with Gasteiger partial charge >= 0.3 is 0 Å². The van der Waals surface area contributed by atoms with Crippen LogP contribution in [0.25, 0.3) is 0 Å². The molecule has 0 amide bonds. The van der Waals surface area contributed by atoms with Crippen LogP contribution in [0.4, 0.5) is 0 Å². The van der Waals surface area contributed by atoms with Gasteiger partial charge in [0.05, 0.1) is 0 Å². The van der Waals surface area contributed by atoms with Crippen molar-refractivity contribution in [1.29, 1.82) is 0 Å². The van der Waals surface area contributed by atoms with Crippen molar-refractivity contribution in [1.82, 2.24) is 5.32 Å². The maximum Gasteiger partial charge on any atom is 0.130 e. The Bertz CT molecular complexity index is 344. The fraction of sp³-hybridized carbons (Fsp3) is 0.231. The van der Waals surface area contributed by atoms with Crippen molar-refractivity contribution in [3.8, 4) is 0 Å². The second kappa shape index (κ2) is 9.65. The summed E-state index contributed by atoms with van der Waals surface area (Å²) in [4.78, 5) is 8.28. The highest BCUT2D eigenvalue weighted by atomic mass is 15.1. The van der Waals surface area contributed by atoms with Crippen LogP contribution in [-0.4, -0.2) is 19.1 Å². The smallest absolute Gasteiger partial charge is 0.130 e. The van der Waals surface area contributed by atoms with Gasteiger partial charge in [0.15, 0.2) is 0 Å². The lowest BCUT2D eigenvalue weighted by Crippen LogP contribution is -2.19. The van der Waals surface area contributed by atoms with Gasteiger partial charge in [-0.05, 0) is 26.0 Å². The number of amidine groups is 1. The molecule has 0 aliphatic carbocycles. The van der Waals surface area contributed by atoms with Crippen molar-refractivity contribution >= 4 is 12.1 Å². The average Bonchev–Trinajstić information content (AvgIpc) is 2.31. The van der Waals surface area contributed by atoms with Crippen LogP contribution < -0.4 is 5.32 Å². The Hall–Kier alpha value is -1.90. The van der Waals surface area contributed by atoms with Crippen LogP contribution in [0.5, 0.6) is 0 Å². The molecule has 0 aliphatic heterocycles. The minimum Gasteiger partial charge on any atom is -0.325 e. The number of allylic oxidation sites excluding steroid dienone is 5. The molecule has 86 valence electrons. The number of rotatable bonds is 5. The summed E-state index contributed by atoms with van der Waals surface area (Å²) in [6, 6.07) is 0. The van der Waals surface area contributed by atoms with Gasteiger partial charge in [-0.3, -0.25) is 4.99 Å². The highest BCUT2D eigenvalue weighted by Crippen LogP contribution is 1.93. The average molecular weight is 217 g/mol. The molecule has 0 aromatic rings. The third-order valence-electron chi connectivity index (χ3n) is 1.60. The number of nitrogens with one attached hydrogen (secondary N) is 1. The molecule has 0 heterocycles. The Kier molecular flexibility index (Phi) is 8.50. The van der Waals surface area contributed by atoms with Crippen molar-refractivity contribution in [3.05, 3.63) is 48.9 Å². The van der Waals surface area contributed by atoms with Crippen LogP contribution >= 0.6 is 0 Å². The van der Waals surface area contributed by atoms with Crippen LogP contribution in [0, 0.1) is 0 Å². The third-order valence-corrected chi connectivity index (χ3v) is 1.60. The zero-order valence-electron chi connectivity index (χ0n) is 10.1. The first-order chi connectivity index (χ1) is 7.78. The van der Waals surface area contributed by atoms with Gasteiger partial charge in [0.1, 0.15) is 11.7 Å². The molecule has 0 rings (SSSR count). The topological polar surface area (TPSA) is 36.8 Å². The number of hydrogen-bond donors (Lipinski definition) is 1. The summed E-state index contributed by atoms with van der Waals surface area (Å²) in [7, 11) is 1.72. The minimum atomic E-state index is 0.737. The molecule has 3 heteroatoms. The van der Waals surface area contributed by atoms with Crippen LogP contribution in [0.15, 0.2) is 58.8 Å². The minimum absolute atomic E-state index is 0.737. The lowest BCUT2D eigenvalue weighted by atomic mass is 10.4. The van der Waals surface area contributed by atoms with Gasteiger partial charge in [-0.1, -0.05) is 30.9 Å². The Morgan fingerprint density at radius 3 is 2.50 bits per heavy atom. The predicted molar refractivity (Wildman–Crippen MR) is 72.9 cm³/mol. The van der Waals surface area contributed by atoms with E-state index < -0.39 is 0 Å². The van der Waals surface area contributed by atoms with Crippen molar-refractivity contribution in [2.24, 2.45) is 9.98 Å². The quantitative estimate of drug-likeness (QED) is 0.429. The second-order valence-corrected chi connectivity index (χ2v) is 2.79. The van der Waals surface area contributed by atoms with Gasteiger partial charge < -0.3 is 5.32 Å². The summed E-state index contributed by atoms with van der Waals surface area (Å²) < 4.78 is 0. The molecule has 0 atom stereocenters. The lowest BCUT2D eigenvalue weighted by molar-refractivity contribution is 1.08. The first-order valence-corrected chi connectivity index (χ1v) is 5.13. The van der Waals surface area contributed by atoms with Crippen molar-refractivity contribution in [2.75, 3.05) is 7.05 Å². The van der Waals surface area contributed by atoms with E-state index in [1.807, 2.05) is 44.2 Å². The summed E-state index contributed by atoms with van der Waals surface area (Å²) in [5.41, 5.74) is 0. The largest absolute Gasteiger partial charge is 0.325 e. The van der Waals surface area contributed by atoms with Crippen LogP contribution in [0.2, 0.25) is 0 Å². The first kappa shape index (κ1) is 14.1. The highest BCUT2D eigenvalue weighted by molar-refractivity contribution is 5.94. The molecule has 0 radical (unpaired) electrons. The number of aliphatic imine (C=N–C) groups is 2. The zero-order chi connectivity index (χ0) is 12.2. The second-order valence-electron chi connectivity index (χ2n) is 2.79. The summed E-state index contributed by atoms with van der Waals surface area (Å²) in [5, 5.41) is 3.10. The molecule has 0 aromatic heterocycles. The molecular formula is C13H19N3. The number of nitrogens with zero attached hydrogens (tertiary/aromatic N) is 2. The van der Waals surface area contributed by atoms with Crippen molar-refractivity contribution < 1.29 is 0 Å². The van der Waals surface area contributed by atoms with Gasteiger partial charge in [0, 0.05) is 13.3 Å². The van der Waals surface area contributed by atoms with E-state index in [2.05, 4.69) is 21.9 Å². The molecule has 0 saturated carbocycles. The highest BCUT2D eigenvalue weighted by Gasteiger charge is 1.94. The van der Waals surface area contributed by atoms with E-state index in [0.29, 0.717) is 0 Å². The van der Waals surface area contributed by atoms with Crippen LogP contribution in [-0.2, 0) is 0 Å². The van der Waals surface area contributed by atoms with E-state index in [9.17, 15) is 0 Å². The van der Waals surface area contributed by atoms with Gasteiger partial charge in [0.25, 0.3) is 0 Å². The van der Waals surface area contributed by atoms with E-state index in [1.54, 1.807) is 19.3 Å². The Morgan fingerprint density at radius 2 is 2.00 bits per heavy atom. The van der Waals surface area contributed by atoms with Gasteiger partial charge in [0.2, 0.25) is 0 Å². The third kappa shape index (κ3) is 6.54. The normalized spacial score (nSPS) is 14.2. The molecule has 1 N–H and O–H groups in total. The van der Waals surface area contributed by atoms with E-state index in [1.165, 1.54) is 0 Å². The predicted octanol–water partition coefficient (Wildman–Crippen LogP) is 2.85. The molecular weight excluding hydrogens is 198 g/mol. The van der Waals surface area contributed by atoms with E-state index in [0.717, 1.165) is 11.7 Å². The van der Waals surface area contributed by atoms with Crippen molar-refractivity contribution in [2.45, 2.75) is 13.8 Å². The van der Waals surface area contributed by atoms with Gasteiger partial charge in [-0.15, -0.1) is 0 Å². The summed E-state index contributed by atoms with van der Waals surface area (Å²) >= 11 is 0. The van der Waals surface area contributed by atoms with Crippen LogP contribution in [0.3, 0.4) is 0 Å². The SMILES string of the molecule is C=C/C=C\C(=N/C)NC(=C/C=C\C)/N=C\C. The molecule has 0 aliphatic rings. The molecule has 0 fully saturated rings. The zero-order valence-corrected chi connectivity index (χ0v) is 10.1. The van der Waals surface area contributed by atoms with Crippen molar-refractivity contribution in [3.63, 3.8) is 0 Å². The maximum absolute atomic E-state index is 4.19. The van der Waals surface area contributed by atoms with Crippen LogP contribution in [0.1, 0.15) is 13.8 Å². The van der Waals surface area contributed by atoms with E-state index in [4.69, 9.17) is 0 Å². The molecule has 0 bridgehead atoms. The fourth-order valence-corrected chi connectivity index (χ4v) is 0.906. The molecule has 0 aromatic carbocycles. The van der Waals surface area contributed by atoms with Gasteiger partial charge in [-0.25, -0.2) is 4.99 Å². The molecule has 3 nitrogen and oxygen atoms in total. The Balaban J connectivity index is 4.72. The van der Waals surface area contributed by atoms with E-state index in [-0.39, 0.29) is 0 Å². The Morgan fingerprint density at radius 1 is 1.25 bits per heavy atom. The molecule has 0 unspecified atom stereocenters. The molecule has 0 spiro atoms. The lowest BCUT2D eigenvalue weighted by Gasteiger charge is -2.04. The van der Waals surface area contributed by atoms with Gasteiger partial charge in [-0.2, -0.15) is 0 Å². The Labute approximate surface area is 97.7 Å².